The summed E-state index contributed by atoms with van der Waals surface area (Å²) in [6, 6.07) is 5.53. The van der Waals surface area contributed by atoms with Crippen LogP contribution in [0, 0.1) is 5.82 Å². The fourth-order valence-electron chi connectivity index (χ4n) is 6.50. The molecule has 3 fully saturated rings. The standard InChI is InChI=1S/C31H40FN7O4/c1-31(2,3)43-30(40)39-20-9-10-21(39)15-22(14-20)37(4)26-12-11-24(35-36-26)25-16-23(32)28(29(34-25)41-5)19-17-33-38(18-19)27-8-6-7-13-42-27/h11-12,16-18,20-22,27H,6-10,13-15H2,1-5H3. The summed E-state index contributed by atoms with van der Waals surface area (Å²) in [6.07, 6.45) is 9.60. The smallest absolute Gasteiger partial charge is 0.410 e. The van der Waals surface area contributed by atoms with Crippen LogP contribution >= 0.6 is 0 Å². The van der Waals surface area contributed by atoms with Crippen LogP contribution in [0.3, 0.4) is 0 Å². The molecular formula is C31H40FN7O4. The highest BCUT2D eigenvalue weighted by Crippen LogP contribution is 2.39. The lowest BCUT2D eigenvalue weighted by atomic mass is 9.96. The molecule has 3 unspecified atom stereocenters. The van der Waals surface area contributed by atoms with E-state index < -0.39 is 11.4 Å². The van der Waals surface area contributed by atoms with Gasteiger partial charge in [0.15, 0.2) is 5.82 Å². The fourth-order valence-corrected chi connectivity index (χ4v) is 6.50. The van der Waals surface area contributed by atoms with E-state index in [-0.39, 0.29) is 41.9 Å². The van der Waals surface area contributed by atoms with Gasteiger partial charge in [0.1, 0.15) is 23.3 Å². The molecule has 0 spiro atoms. The summed E-state index contributed by atoms with van der Waals surface area (Å²) in [5.74, 6) is 0.371. The number of hydrogen-bond acceptors (Lipinski definition) is 9. The molecule has 3 aromatic heterocycles. The Morgan fingerprint density at radius 3 is 2.49 bits per heavy atom. The quantitative estimate of drug-likeness (QED) is 0.360. The van der Waals surface area contributed by atoms with Crippen molar-refractivity contribution in [1.29, 1.82) is 0 Å². The van der Waals surface area contributed by atoms with Gasteiger partial charge >= 0.3 is 6.09 Å². The van der Waals surface area contributed by atoms with E-state index in [4.69, 9.17) is 14.2 Å². The lowest BCUT2D eigenvalue weighted by molar-refractivity contribution is -0.0394. The van der Waals surface area contributed by atoms with Crippen molar-refractivity contribution < 1.29 is 23.4 Å². The van der Waals surface area contributed by atoms with Gasteiger partial charge in [-0.15, -0.1) is 10.2 Å². The van der Waals surface area contributed by atoms with Gasteiger partial charge in [-0.1, -0.05) is 0 Å². The zero-order chi connectivity index (χ0) is 30.3. The minimum atomic E-state index is -0.517. The second kappa shape index (κ2) is 11.7. The molecule has 1 amide bonds. The third-order valence-corrected chi connectivity index (χ3v) is 8.61. The molecule has 0 saturated carbocycles. The van der Waals surface area contributed by atoms with E-state index >= 15 is 4.39 Å². The van der Waals surface area contributed by atoms with Gasteiger partial charge in [0.05, 0.1) is 24.6 Å². The van der Waals surface area contributed by atoms with Gasteiger partial charge in [0, 0.05) is 49.6 Å². The molecule has 0 N–H and O–H groups in total. The molecule has 12 heteroatoms. The average molecular weight is 594 g/mol. The van der Waals surface area contributed by atoms with Crippen LogP contribution in [0.25, 0.3) is 22.5 Å². The van der Waals surface area contributed by atoms with Gasteiger partial charge in [-0.25, -0.2) is 18.9 Å². The van der Waals surface area contributed by atoms with E-state index in [1.165, 1.54) is 13.2 Å². The Morgan fingerprint density at radius 1 is 1.09 bits per heavy atom. The molecule has 6 heterocycles. The highest BCUT2D eigenvalue weighted by Gasteiger charge is 2.46. The Labute approximate surface area is 251 Å². The second-order valence-electron chi connectivity index (χ2n) is 12.7. The maximum absolute atomic E-state index is 15.5. The molecule has 6 rings (SSSR count). The summed E-state index contributed by atoms with van der Waals surface area (Å²) in [5, 5.41) is 13.3. The van der Waals surface area contributed by atoms with Gasteiger partial charge in [-0.2, -0.15) is 5.10 Å². The first kappa shape index (κ1) is 29.3. The highest BCUT2D eigenvalue weighted by molar-refractivity contribution is 5.71. The van der Waals surface area contributed by atoms with Crippen LogP contribution in [0.5, 0.6) is 5.88 Å². The molecule has 3 atom stereocenters. The van der Waals surface area contributed by atoms with Crippen LogP contribution < -0.4 is 9.64 Å². The monoisotopic (exact) mass is 593 g/mol. The molecule has 3 saturated heterocycles. The lowest BCUT2D eigenvalue weighted by Crippen LogP contribution is -2.53. The van der Waals surface area contributed by atoms with E-state index in [0.29, 0.717) is 29.4 Å². The normalized spacial score (nSPS) is 23.7. The van der Waals surface area contributed by atoms with Crippen molar-refractivity contribution in [2.45, 2.75) is 95.7 Å². The number of aromatic nitrogens is 5. The maximum atomic E-state index is 15.5. The topological polar surface area (TPSA) is 108 Å². The molecule has 3 aromatic rings. The number of rotatable bonds is 6. The summed E-state index contributed by atoms with van der Waals surface area (Å²) < 4.78 is 34.3. The van der Waals surface area contributed by atoms with Gasteiger partial charge < -0.3 is 24.0 Å². The van der Waals surface area contributed by atoms with Crippen LogP contribution in [-0.2, 0) is 9.47 Å². The van der Waals surface area contributed by atoms with Crippen molar-refractivity contribution in [2.75, 3.05) is 25.7 Å². The Bertz CT molecular complexity index is 1440. The number of amides is 1. The number of fused-ring (bicyclic) bond motifs is 2. The van der Waals surface area contributed by atoms with Crippen LogP contribution in [-0.4, -0.2) is 80.4 Å². The number of anilines is 1. The first-order chi connectivity index (χ1) is 20.6. The number of halogens is 1. The summed E-state index contributed by atoms with van der Waals surface area (Å²) in [4.78, 5) is 21.5. The maximum Gasteiger partial charge on any atom is 0.410 e. The Kier molecular flexibility index (Phi) is 7.97. The number of carbonyl (C=O) groups excluding carboxylic acids is 1. The molecule has 0 aliphatic carbocycles. The number of carbonyl (C=O) groups is 1. The molecule has 0 aromatic carbocycles. The number of ether oxygens (including phenoxy) is 3. The number of nitrogens with zero attached hydrogens (tertiary/aromatic N) is 7. The zero-order valence-electron chi connectivity index (χ0n) is 25.5. The zero-order valence-corrected chi connectivity index (χ0v) is 25.5. The molecular weight excluding hydrogens is 553 g/mol. The van der Waals surface area contributed by atoms with Crippen LogP contribution in [0.2, 0.25) is 0 Å². The molecule has 0 radical (unpaired) electrons. The predicted octanol–water partition coefficient (Wildman–Crippen LogP) is 5.62. The Balaban J connectivity index is 1.16. The Morgan fingerprint density at radius 2 is 1.86 bits per heavy atom. The van der Waals surface area contributed by atoms with Crippen molar-refractivity contribution in [3.8, 4) is 28.4 Å². The van der Waals surface area contributed by atoms with E-state index in [1.54, 1.807) is 23.1 Å². The number of pyridine rings is 1. The predicted molar refractivity (Wildman–Crippen MR) is 158 cm³/mol. The van der Waals surface area contributed by atoms with Crippen molar-refractivity contribution >= 4 is 11.9 Å². The lowest BCUT2D eigenvalue weighted by Gasteiger charge is -2.42. The van der Waals surface area contributed by atoms with Crippen molar-refractivity contribution in [2.24, 2.45) is 0 Å². The molecule has 3 aliphatic rings. The van der Waals surface area contributed by atoms with Gasteiger partial charge in [0.25, 0.3) is 0 Å². The summed E-state index contributed by atoms with van der Waals surface area (Å²) in [7, 11) is 3.47. The van der Waals surface area contributed by atoms with Crippen LogP contribution in [0.1, 0.15) is 71.9 Å². The average Bonchev–Trinajstić information content (AvgIpc) is 3.58. The first-order valence-electron chi connectivity index (χ1n) is 15.1. The van der Waals surface area contributed by atoms with E-state index in [2.05, 4.69) is 25.2 Å². The molecule has 11 nitrogen and oxygen atoms in total. The van der Waals surface area contributed by atoms with Crippen molar-refractivity contribution in [3.63, 3.8) is 0 Å². The number of hydrogen-bond donors (Lipinski definition) is 0. The van der Waals surface area contributed by atoms with E-state index in [0.717, 1.165) is 44.9 Å². The van der Waals surface area contributed by atoms with Crippen molar-refractivity contribution in [3.05, 3.63) is 36.4 Å². The van der Waals surface area contributed by atoms with Gasteiger partial charge in [-0.05, 0) is 77.8 Å². The van der Waals surface area contributed by atoms with Gasteiger partial charge in [-0.3, -0.25) is 0 Å². The third kappa shape index (κ3) is 6.02. The summed E-state index contributed by atoms with van der Waals surface area (Å²) >= 11 is 0. The van der Waals surface area contributed by atoms with Gasteiger partial charge in [0.2, 0.25) is 5.88 Å². The van der Waals surface area contributed by atoms with Crippen molar-refractivity contribution in [1.82, 2.24) is 29.9 Å². The molecule has 2 bridgehead atoms. The Hall–Kier alpha value is -3.80. The molecule has 230 valence electrons. The van der Waals surface area contributed by atoms with Crippen LogP contribution in [0.15, 0.2) is 30.6 Å². The number of methoxy groups -OCH3 is 1. The fraction of sp³-hybridized carbons (Fsp3) is 0.581. The van der Waals surface area contributed by atoms with Crippen LogP contribution in [0.4, 0.5) is 15.0 Å². The summed E-state index contributed by atoms with van der Waals surface area (Å²) in [6.45, 7) is 6.38. The highest BCUT2D eigenvalue weighted by atomic mass is 19.1. The first-order valence-corrected chi connectivity index (χ1v) is 15.1. The van der Waals surface area contributed by atoms with E-state index in [1.807, 2.05) is 38.8 Å². The summed E-state index contributed by atoms with van der Waals surface area (Å²) in [5.41, 5.74) is 1.05. The minimum Gasteiger partial charge on any atom is -0.480 e. The molecule has 43 heavy (non-hydrogen) atoms. The largest absolute Gasteiger partial charge is 0.480 e. The molecule has 3 aliphatic heterocycles. The van der Waals surface area contributed by atoms with E-state index in [9.17, 15) is 4.79 Å². The minimum absolute atomic E-state index is 0.147. The number of piperidine rings is 1. The second-order valence-corrected chi connectivity index (χ2v) is 12.7. The third-order valence-electron chi connectivity index (χ3n) is 8.61. The SMILES string of the molecule is COc1nc(-c2ccc(N(C)C3CC4CCC(C3)N4C(=O)OC(C)(C)C)nn2)cc(F)c1-c1cnn(C2CCCCO2)c1.